The van der Waals surface area contributed by atoms with Gasteiger partial charge in [0.15, 0.2) is 0 Å². The standard InChI is InChI=1S/C13H17BrN2O4/c1-2-5-16(6-7-17)13(20)15-11-8-9(12(18)19)3-4-10(11)14/h3-4,8,17H,2,5-7H2,1H3,(H,15,20)(H,18,19). The Bertz CT molecular complexity index is 487. The number of carboxylic acid groups (broad SMARTS) is 1. The summed E-state index contributed by atoms with van der Waals surface area (Å²) in [6, 6.07) is 4.02. The normalized spacial score (nSPS) is 10.2. The van der Waals surface area contributed by atoms with Gasteiger partial charge in [0.2, 0.25) is 0 Å². The molecule has 110 valence electrons. The van der Waals surface area contributed by atoms with Gasteiger partial charge in [-0.1, -0.05) is 6.92 Å². The van der Waals surface area contributed by atoms with Crippen LogP contribution in [0.25, 0.3) is 0 Å². The zero-order chi connectivity index (χ0) is 15.1. The lowest BCUT2D eigenvalue weighted by molar-refractivity contribution is 0.0697. The van der Waals surface area contributed by atoms with Gasteiger partial charge in [-0.15, -0.1) is 0 Å². The number of hydrogen-bond acceptors (Lipinski definition) is 3. The van der Waals surface area contributed by atoms with Gasteiger partial charge in [0.25, 0.3) is 0 Å². The van der Waals surface area contributed by atoms with Gasteiger partial charge in [-0.05, 0) is 40.5 Å². The summed E-state index contributed by atoms with van der Waals surface area (Å²) in [5.74, 6) is -1.06. The molecule has 1 aromatic rings. The third-order valence-electron chi connectivity index (χ3n) is 2.61. The van der Waals surface area contributed by atoms with Crippen molar-refractivity contribution in [3.63, 3.8) is 0 Å². The fourth-order valence-corrected chi connectivity index (χ4v) is 2.00. The molecule has 1 rings (SSSR count). The number of benzene rings is 1. The van der Waals surface area contributed by atoms with Gasteiger partial charge in [-0.2, -0.15) is 0 Å². The van der Waals surface area contributed by atoms with Crippen LogP contribution in [0.2, 0.25) is 0 Å². The molecule has 0 spiro atoms. The molecule has 3 N–H and O–H groups in total. The topological polar surface area (TPSA) is 89.9 Å². The number of aliphatic hydroxyl groups is 1. The van der Waals surface area contributed by atoms with Crippen LogP contribution in [0.3, 0.4) is 0 Å². The summed E-state index contributed by atoms with van der Waals surface area (Å²) in [6.45, 7) is 2.56. The summed E-state index contributed by atoms with van der Waals surface area (Å²) in [7, 11) is 0. The van der Waals surface area contributed by atoms with Crippen LogP contribution in [0.1, 0.15) is 23.7 Å². The van der Waals surface area contributed by atoms with Crippen LogP contribution >= 0.6 is 15.9 Å². The number of carbonyl (C=O) groups excluding carboxylic acids is 1. The van der Waals surface area contributed by atoms with E-state index in [0.29, 0.717) is 16.7 Å². The number of amides is 2. The molecule has 0 aromatic heterocycles. The molecule has 0 unspecified atom stereocenters. The minimum Gasteiger partial charge on any atom is -0.478 e. The van der Waals surface area contributed by atoms with Crippen LogP contribution in [0.15, 0.2) is 22.7 Å². The molecule has 6 nitrogen and oxygen atoms in total. The monoisotopic (exact) mass is 344 g/mol. The second-order valence-corrected chi connectivity index (χ2v) is 4.99. The minimum absolute atomic E-state index is 0.0905. The lowest BCUT2D eigenvalue weighted by Gasteiger charge is -2.22. The van der Waals surface area contributed by atoms with Gasteiger partial charge in [-0.3, -0.25) is 0 Å². The first-order chi connectivity index (χ1) is 9.49. The third-order valence-corrected chi connectivity index (χ3v) is 3.30. The smallest absolute Gasteiger partial charge is 0.335 e. The van der Waals surface area contributed by atoms with Gasteiger partial charge in [-0.25, -0.2) is 9.59 Å². The van der Waals surface area contributed by atoms with E-state index in [1.165, 1.54) is 17.0 Å². The quantitative estimate of drug-likeness (QED) is 0.738. The summed E-state index contributed by atoms with van der Waals surface area (Å²) in [5, 5.41) is 20.5. The van der Waals surface area contributed by atoms with E-state index < -0.39 is 5.97 Å². The van der Waals surface area contributed by atoms with Crippen molar-refractivity contribution in [2.24, 2.45) is 0 Å². The van der Waals surface area contributed by atoms with E-state index in [1.807, 2.05) is 6.92 Å². The van der Waals surface area contributed by atoms with E-state index in [4.69, 9.17) is 10.2 Å². The minimum atomic E-state index is -1.06. The molecule has 0 heterocycles. The third kappa shape index (κ3) is 4.50. The van der Waals surface area contributed by atoms with Crippen LogP contribution in [-0.2, 0) is 0 Å². The lowest BCUT2D eigenvalue weighted by Crippen LogP contribution is -2.37. The number of carbonyl (C=O) groups is 2. The first-order valence-corrected chi connectivity index (χ1v) is 6.98. The predicted molar refractivity (Wildman–Crippen MR) is 79.1 cm³/mol. The second-order valence-electron chi connectivity index (χ2n) is 4.14. The molecule has 0 saturated carbocycles. The molecule has 1 aromatic carbocycles. The number of anilines is 1. The van der Waals surface area contributed by atoms with E-state index >= 15 is 0 Å². The van der Waals surface area contributed by atoms with E-state index in [-0.39, 0.29) is 24.7 Å². The molecule has 0 aliphatic heterocycles. The highest BCUT2D eigenvalue weighted by Crippen LogP contribution is 2.24. The first kappa shape index (κ1) is 16.5. The number of nitrogens with zero attached hydrogens (tertiary/aromatic N) is 1. The van der Waals surface area contributed by atoms with E-state index in [1.54, 1.807) is 6.07 Å². The van der Waals surface area contributed by atoms with Gasteiger partial charge in [0.05, 0.1) is 17.9 Å². The van der Waals surface area contributed by atoms with E-state index in [0.717, 1.165) is 6.42 Å². The number of hydrogen-bond donors (Lipinski definition) is 3. The van der Waals surface area contributed by atoms with Crippen LogP contribution in [0.5, 0.6) is 0 Å². The van der Waals surface area contributed by atoms with Crippen molar-refractivity contribution in [3.8, 4) is 0 Å². The zero-order valence-corrected chi connectivity index (χ0v) is 12.7. The Kier molecular flexibility index (Phi) is 6.47. The van der Waals surface area contributed by atoms with E-state index in [2.05, 4.69) is 21.2 Å². The molecular formula is C13H17BrN2O4. The Morgan fingerprint density at radius 2 is 2.05 bits per heavy atom. The van der Waals surface area contributed by atoms with Crippen LogP contribution in [0, 0.1) is 0 Å². The van der Waals surface area contributed by atoms with Crippen molar-refractivity contribution in [2.45, 2.75) is 13.3 Å². The molecule has 0 aliphatic carbocycles. The van der Waals surface area contributed by atoms with Gasteiger partial charge >= 0.3 is 12.0 Å². The average Bonchev–Trinajstić information content (AvgIpc) is 2.40. The predicted octanol–water partition coefficient (Wildman–Crippen LogP) is 2.38. The summed E-state index contributed by atoms with van der Waals surface area (Å²) >= 11 is 3.26. The Morgan fingerprint density at radius 3 is 2.60 bits per heavy atom. The fourth-order valence-electron chi connectivity index (χ4n) is 1.65. The molecule has 7 heteroatoms. The Hall–Kier alpha value is -1.60. The highest BCUT2D eigenvalue weighted by atomic mass is 79.9. The van der Waals surface area contributed by atoms with Crippen LogP contribution in [-0.4, -0.2) is 46.8 Å². The Morgan fingerprint density at radius 1 is 1.35 bits per heavy atom. The number of halogens is 1. The molecule has 20 heavy (non-hydrogen) atoms. The van der Waals surface area contributed by atoms with Crippen LogP contribution in [0.4, 0.5) is 10.5 Å². The van der Waals surface area contributed by atoms with Gasteiger partial charge in [0, 0.05) is 17.6 Å². The number of rotatable bonds is 6. The fraction of sp³-hybridized carbons (Fsp3) is 0.385. The van der Waals surface area contributed by atoms with Crippen molar-refractivity contribution < 1.29 is 19.8 Å². The molecular weight excluding hydrogens is 328 g/mol. The zero-order valence-electron chi connectivity index (χ0n) is 11.1. The van der Waals surface area contributed by atoms with Crippen molar-refractivity contribution in [1.82, 2.24) is 4.90 Å². The Balaban J connectivity index is 2.87. The largest absolute Gasteiger partial charge is 0.478 e. The maximum Gasteiger partial charge on any atom is 0.335 e. The van der Waals surface area contributed by atoms with Crippen molar-refractivity contribution >= 4 is 33.6 Å². The lowest BCUT2D eigenvalue weighted by atomic mass is 10.2. The highest BCUT2D eigenvalue weighted by molar-refractivity contribution is 9.10. The van der Waals surface area contributed by atoms with Gasteiger partial charge in [0.1, 0.15) is 0 Å². The summed E-state index contributed by atoms with van der Waals surface area (Å²) in [5.41, 5.74) is 0.474. The summed E-state index contributed by atoms with van der Waals surface area (Å²) < 4.78 is 0.594. The Labute approximate surface area is 125 Å². The average molecular weight is 345 g/mol. The molecule has 0 fully saturated rings. The van der Waals surface area contributed by atoms with E-state index in [9.17, 15) is 9.59 Å². The van der Waals surface area contributed by atoms with Gasteiger partial charge < -0.3 is 20.4 Å². The number of aliphatic hydroxyl groups excluding tert-OH is 1. The highest BCUT2D eigenvalue weighted by Gasteiger charge is 2.14. The molecule has 0 radical (unpaired) electrons. The van der Waals surface area contributed by atoms with Crippen LogP contribution < -0.4 is 5.32 Å². The summed E-state index contributed by atoms with van der Waals surface area (Å²) in [4.78, 5) is 24.5. The number of carboxylic acids is 1. The molecule has 0 saturated heterocycles. The maximum atomic E-state index is 12.1. The SMILES string of the molecule is CCCN(CCO)C(=O)Nc1cc(C(=O)O)ccc1Br. The maximum absolute atomic E-state index is 12.1. The molecule has 0 atom stereocenters. The molecule has 0 bridgehead atoms. The molecule has 0 aliphatic rings. The number of nitrogens with one attached hydrogen (secondary N) is 1. The van der Waals surface area contributed by atoms with Crippen molar-refractivity contribution in [1.29, 1.82) is 0 Å². The van der Waals surface area contributed by atoms with Crippen molar-refractivity contribution in [3.05, 3.63) is 28.2 Å². The van der Waals surface area contributed by atoms with Crippen molar-refractivity contribution in [2.75, 3.05) is 25.0 Å². The first-order valence-electron chi connectivity index (χ1n) is 6.19. The second kappa shape index (κ2) is 7.86. The summed E-state index contributed by atoms with van der Waals surface area (Å²) in [6.07, 6.45) is 0.768. The number of aromatic carboxylic acids is 1. The number of urea groups is 1. The molecule has 2 amide bonds.